The molecule has 7 heteroatoms. The monoisotopic (exact) mass is 420 g/mol. The number of rotatable bonds is 2. The molecular weight excluding hydrogens is 417 g/mol. The summed E-state index contributed by atoms with van der Waals surface area (Å²) in [7, 11) is 0. The van der Waals surface area contributed by atoms with Gasteiger partial charge in [0, 0.05) is 0 Å². The number of benzene rings is 1. The normalized spacial score (nSPS) is 17.3. The first kappa shape index (κ1) is 15.2. The minimum atomic E-state index is -3.53. The van der Waals surface area contributed by atoms with Crippen LogP contribution in [0, 0.1) is 22.7 Å². The fourth-order valence-electron chi connectivity index (χ4n) is 2.09. The van der Waals surface area contributed by atoms with E-state index in [1.807, 2.05) is 12.1 Å². The summed E-state index contributed by atoms with van der Waals surface area (Å²) in [5.41, 5.74) is 4.47. The summed E-state index contributed by atoms with van der Waals surface area (Å²) in [5.74, 6) is -4.61. The third-order valence-electron chi connectivity index (χ3n) is 3.18. The largest absolute Gasteiger partial charge is 0.447 e. The minimum absolute atomic E-state index is 0.0344. The molecule has 2 aliphatic rings. The summed E-state index contributed by atoms with van der Waals surface area (Å²) in [4.78, 5) is 11.5. The smallest absolute Gasteiger partial charge is 0.343 e. The molecule has 110 valence electrons. The van der Waals surface area contributed by atoms with Gasteiger partial charge >= 0.3 is 5.92 Å². The Morgan fingerprint density at radius 1 is 1.13 bits per heavy atom. The molecule has 1 aromatic carbocycles. The third-order valence-corrected chi connectivity index (χ3v) is 4.21. The molecule has 0 aromatic heterocycles. The van der Waals surface area contributed by atoms with Crippen molar-refractivity contribution in [3.8, 4) is 17.9 Å². The summed E-state index contributed by atoms with van der Waals surface area (Å²) in [6.45, 7) is 0. The summed E-state index contributed by atoms with van der Waals surface area (Å²) in [6.07, 6.45) is 0. The maximum absolute atomic E-state index is 13.3. The van der Waals surface area contributed by atoms with Gasteiger partial charge in [-0.2, -0.15) is 19.3 Å². The molecule has 0 amide bonds. The molecule has 4 nitrogen and oxygen atoms in total. The highest BCUT2D eigenvalue weighted by molar-refractivity contribution is 14.1. The van der Waals surface area contributed by atoms with Crippen molar-refractivity contribution in [3.05, 3.63) is 61.3 Å². The van der Waals surface area contributed by atoms with Crippen LogP contribution < -0.4 is 4.74 Å². The number of carbonyl (C=O) groups excluding carboxylic acids is 1. The molecule has 3 rings (SSSR count). The molecule has 0 unspecified atom stereocenters. The van der Waals surface area contributed by atoms with E-state index in [2.05, 4.69) is 11.5 Å². The van der Waals surface area contributed by atoms with E-state index in [1.165, 1.54) is 18.2 Å². The van der Waals surface area contributed by atoms with Crippen LogP contribution in [0.2, 0.25) is 0 Å². The van der Waals surface area contributed by atoms with E-state index in [4.69, 9.17) is 15.3 Å². The molecular formula is C16H3F2IN2O2. The van der Waals surface area contributed by atoms with Crippen molar-refractivity contribution in [2.45, 2.75) is 5.92 Å². The lowest BCUT2D eigenvalue weighted by molar-refractivity contribution is -0.139. The SMILES string of the molecule is N#Cc1cc(C#N)cc(OC2=C=C=C3C(=C2I)C(=O)C3(F)F)c1. The molecule has 1 saturated carbocycles. The van der Waals surface area contributed by atoms with Gasteiger partial charge in [-0.05, 0) is 46.5 Å². The molecule has 1 aromatic rings. The highest BCUT2D eigenvalue weighted by atomic mass is 127. The zero-order valence-corrected chi connectivity index (χ0v) is 13.2. The molecule has 0 saturated heterocycles. The average molecular weight is 420 g/mol. The zero-order valence-electron chi connectivity index (χ0n) is 11.1. The van der Waals surface area contributed by atoms with Crippen molar-refractivity contribution in [3.63, 3.8) is 0 Å². The Bertz CT molecular complexity index is 964. The fraction of sp³-hybridized carbons (Fsp3) is 0.0625. The lowest BCUT2D eigenvalue weighted by Gasteiger charge is -2.30. The van der Waals surface area contributed by atoms with Crippen molar-refractivity contribution < 1.29 is 18.3 Å². The van der Waals surface area contributed by atoms with Crippen LogP contribution in [0.1, 0.15) is 11.1 Å². The van der Waals surface area contributed by atoms with Gasteiger partial charge in [0.2, 0.25) is 5.78 Å². The van der Waals surface area contributed by atoms with E-state index in [9.17, 15) is 13.6 Å². The van der Waals surface area contributed by atoms with E-state index in [-0.39, 0.29) is 31.8 Å². The number of hydrogen-bond donors (Lipinski definition) is 0. The second kappa shape index (κ2) is 5.19. The number of halogens is 3. The van der Waals surface area contributed by atoms with Crippen LogP contribution in [-0.2, 0) is 4.79 Å². The highest BCUT2D eigenvalue weighted by Gasteiger charge is 2.59. The number of Topliss-reactive ketones (excluding diaryl/α,β-unsaturated/α-hetero) is 1. The third kappa shape index (κ3) is 2.28. The van der Waals surface area contributed by atoms with Crippen LogP contribution in [0.3, 0.4) is 0 Å². The van der Waals surface area contributed by atoms with Crippen molar-refractivity contribution in [2.24, 2.45) is 0 Å². The second-order valence-corrected chi connectivity index (χ2v) is 5.70. The number of alkyl halides is 2. The van der Waals surface area contributed by atoms with Crippen LogP contribution in [0.5, 0.6) is 5.75 Å². The first-order valence-corrected chi connectivity index (χ1v) is 7.19. The fourth-order valence-corrected chi connectivity index (χ4v) is 2.85. The molecule has 0 N–H and O–H groups in total. The van der Waals surface area contributed by atoms with E-state index in [0.29, 0.717) is 0 Å². The molecule has 1 fully saturated rings. The van der Waals surface area contributed by atoms with Gasteiger partial charge in [-0.25, -0.2) is 0 Å². The van der Waals surface area contributed by atoms with Crippen LogP contribution in [0.4, 0.5) is 8.78 Å². The molecule has 23 heavy (non-hydrogen) atoms. The van der Waals surface area contributed by atoms with Gasteiger partial charge < -0.3 is 4.74 Å². The quantitative estimate of drug-likeness (QED) is 0.544. The topological polar surface area (TPSA) is 73.9 Å². The number of nitriles is 2. The summed E-state index contributed by atoms with van der Waals surface area (Å²) < 4.78 is 32.4. The Morgan fingerprint density at radius 2 is 1.74 bits per heavy atom. The first-order chi connectivity index (χ1) is 10.9. The molecule has 0 radical (unpaired) electrons. The van der Waals surface area contributed by atoms with Crippen molar-refractivity contribution in [1.29, 1.82) is 10.5 Å². The van der Waals surface area contributed by atoms with Crippen LogP contribution in [0.15, 0.2) is 50.1 Å². The van der Waals surface area contributed by atoms with Crippen LogP contribution >= 0.6 is 22.6 Å². The molecule has 0 bridgehead atoms. The van der Waals surface area contributed by atoms with Gasteiger partial charge in [0.25, 0.3) is 0 Å². The predicted molar refractivity (Wildman–Crippen MR) is 81.6 cm³/mol. The lowest BCUT2D eigenvalue weighted by atomic mass is 9.79. The Morgan fingerprint density at radius 3 is 2.30 bits per heavy atom. The molecule has 0 spiro atoms. The summed E-state index contributed by atoms with van der Waals surface area (Å²) in [5, 5.41) is 17.9. The van der Waals surface area contributed by atoms with Gasteiger partial charge in [0.1, 0.15) is 5.75 Å². The number of nitrogens with zero attached hydrogens (tertiary/aromatic N) is 2. The maximum atomic E-state index is 13.3. The van der Waals surface area contributed by atoms with E-state index in [0.717, 1.165) is 0 Å². The number of carbonyl (C=O) groups is 1. The maximum Gasteiger partial charge on any atom is 0.343 e. The number of fused-ring (bicyclic) bond motifs is 1. The molecule has 2 aliphatic carbocycles. The van der Waals surface area contributed by atoms with E-state index >= 15 is 0 Å². The predicted octanol–water partition coefficient (Wildman–Crippen LogP) is 3.29. The molecule has 0 atom stereocenters. The van der Waals surface area contributed by atoms with E-state index in [1.54, 1.807) is 22.6 Å². The van der Waals surface area contributed by atoms with Crippen molar-refractivity contribution >= 4 is 28.4 Å². The first-order valence-electron chi connectivity index (χ1n) is 6.11. The summed E-state index contributed by atoms with van der Waals surface area (Å²) >= 11 is 1.72. The average Bonchev–Trinajstić information content (AvgIpc) is 2.55. The van der Waals surface area contributed by atoms with Gasteiger partial charge in [0.15, 0.2) is 5.76 Å². The van der Waals surface area contributed by atoms with Gasteiger partial charge in [0.05, 0.1) is 38.0 Å². The Hall–Kier alpha value is -2.70. The van der Waals surface area contributed by atoms with Crippen molar-refractivity contribution in [1.82, 2.24) is 0 Å². The number of allylic oxidation sites excluding steroid dienone is 3. The Labute approximate surface area is 142 Å². The van der Waals surface area contributed by atoms with Gasteiger partial charge in [-0.1, -0.05) is 5.73 Å². The van der Waals surface area contributed by atoms with Crippen LogP contribution in [-0.4, -0.2) is 11.7 Å². The minimum Gasteiger partial charge on any atom is -0.447 e. The van der Waals surface area contributed by atoms with Gasteiger partial charge in [-0.15, -0.1) is 0 Å². The Balaban J connectivity index is 2.05. The summed E-state index contributed by atoms with van der Waals surface area (Å²) in [6, 6.07) is 7.94. The molecule has 0 aliphatic heterocycles. The van der Waals surface area contributed by atoms with E-state index < -0.39 is 17.3 Å². The Kier molecular flexibility index (Phi) is 3.43. The second-order valence-electron chi connectivity index (χ2n) is 4.62. The van der Waals surface area contributed by atoms with Crippen LogP contribution in [0.25, 0.3) is 0 Å². The van der Waals surface area contributed by atoms with Crippen molar-refractivity contribution in [2.75, 3.05) is 0 Å². The number of ether oxygens (including phenoxy) is 1. The number of hydrogen-bond acceptors (Lipinski definition) is 4. The number of ketones is 1. The standard InChI is InChI=1S/C16H3F2IN2O2/c17-16(18)11-1-2-12(14(19)13(11)15(16)22)23-10-4-8(6-20)3-9(5-10)7-21/h3-5H. The van der Waals surface area contributed by atoms with Gasteiger partial charge in [-0.3, -0.25) is 4.79 Å². The zero-order chi connectivity index (χ0) is 16.8. The highest BCUT2D eigenvalue weighted by Crippen LogP contribution is 2.48. The molecule has 0 heterocycles. The lowest BCUT2D eigenvalue weighted by Crippen LogP contribution is -2.45.